The summed E-state index contributed by atoms with van der Waals surface area (Å²) in [6.07, 6.45) is -1.55. The number of hydrogen-bond acceptors (Lipinski definition) is 2. The molecule has 0 atom stereocenters. The largest absolute Gasteiger partial charge is 0.488 e. The highest BCUT2D eigenvalue weighted by Gasteiger charge is 2.16. The molecule has 0 unspecified atom stereocenters. The third kappa shape index (κ3) is 4.78. The number of rotatable bonds is 7. The summed E-state index contributed by atoms with van der Waals surface area (Å²) >= 11 is 0. The van der Waals surface area contributed by atoms with Crippen LogP contribution in [0, 0.1) is 6.92 Å². The summed E-state index contributed by atoms with van der Waals surface area (Å²) in [6, 6.07) is 10.4. The molecule has 0 radical (unpaired) electrons. The molecule has 0 saturated carbocycles. The second kappa shape index (κ2) is 8.60. The topological polar surface area (TPSA) is 38.3 Å². The Morgan fingerprint density at radius 3 is 2.60 bits per heavy atom. The molecular weight excluding hydrogens is 324 g/mol. The maximum Gasteiger partial charge on any atom is 0.267 e. The summed E-state index contributed by atoms with van der Waals surface area (Å²) in [5.74, 6) is 0.0654. The van der Waals surface area contributed by atoms with Crippen LogP contribution in [0.2, 0.25) is 0 Å². The number of hydrogen-bond donors (Lipinski definition) is 1. The Bertz CT molecular complexity index is 744. The van der Waals surface area contributed by atoms with Crippen molar-refractivity contribution in [2.24, 2.45) is 0 Å². The lowest BCUT2D eigenvalue weighted by Crippen LogP contribution is -2.13. The normalized spacial score (nSPS) is 10.8. The van der Waals surface area contributed by atoms with E-state index in [2.05, 4.69) is 5.32 Å². The number of ether oxygens (including phenoxy) is 1. The predicted octanol–water partition coefficient (Wildman–Crippen LogP) is 5.42. The van der Waals surface area contributed by atoms with Crippen molar-refractivity contribution in [3.8, 4) is 5.75 Å². The van der Waals surface area contributed by atoms with Crippen molar-refractivity contribution < 1.29 is 18.3 Å². The molecule has 0 saturated heterocycles. The maximum atomic E-state index is 13.3. The third-order valence-corrected chi connectivity index (χ3v) is 4.09. The molecule has 0 aliphatic rings. The predicted molar refractivity (Wildman–Crippen MR) is 95.2 cm³/mol. The molecule has 25 heavy (non-hydrogen) atoms. The quantitative estimate of drug-likeness (QED) is 0.726. The fourth-order valence-corrected chi connectivity index (χ4v) is 2.52. The molecule has 0 aliphatic carbocycles. The molecule has 0 aliphatic heterocycles. The fourth-order valence-electron chi connectivity index (χ4n) is 2.52. The Morgan fingerprint density at radius 1 is 1.20 bits per heavy atom. The monoisotopic (exact) mass is 347 g/mol. The zero-order chi connectivity index (χ0) is 18.4. The molecule has 1 amide bonds. The molecule has 3 nitrogen and oxygen atoms in total. The zero-order valence-electron chi connectivity index (χ0n) is 14.7. The van der Waals surface area contributed by atoms with Gasteiger partial charge in [0.05, 0.1) is 5.56 Å². The lowest BCUT2D eigenvalue weighted by atomic mass is 10.1. The van der Waals surface area contributed by atoms with Gasteiger partial charge in [0.25, 0.3) is 6.43 Å². The molecule has 0 aromatic heterocycles. The Kier molecular flexibility index (Phi) is 6.51. The van der Waals surface area contributed by atoms with E-state index < -0.39 is 6.43 Å². The minimum Gasteiger partial charge on any atom is -0.488 e. The minimum absolute atomic E-state index is 0.104. The molecule has 0 spiro atoms. The van der Waals surface area contributed by atoms with E-state index in [0.717, 1.165) is 16.7 Å². The van der Waals surface area contributed by atoms with Crippen molar-refractivity contribution in [2.75, 3.05) is 5.32 Å². The third-order valence-electron chi connectivity index (χ3n) is 4.09. The lowest BCUT2D eigenvalue weighted by molar-refractivity contribution is -0.115. The molecule has 0 heterocycles. The van der Waals surface area contributed by atoms with Crippen LogP contribution in [0.25, 0.3) is 0 Å². The molecule has 2 aromatic rings. The molecular formula is C20H23F2NO2. The van der Waals surface area contributed by atoms with E-state index >= 15 is 0 Å². The van der Waals surface area contributed by atoms with Crippen LogP contribution >= 0.6 is 0 Å². The smallest absolute Gasteiger partial charge is 0.267 e. The number of carbonyl (C=O) groups is 1. The number of halogens is 2. The van der Waals surface area contributed by atoms with Crippen LogP contribution in [-0.4, -0.2) is 5.91 Å². The second-order valence-electron chi connectivity index (χ2n) is 5.82. The van der Waals surface area contributed by atoms with Crippen molar-refractivity contribution in [1.29, 1.82) is 0 Å². The van der Waals surface area contributed by atoms with Crippen molar-refractivity contribution in [1.82, 2.24) is 0 Å². The van der Waals surface area contributed by atoms with Crippen molar-refractivity contribution in [3.63, 3.8) is 0 Å². The van der Waals surface area contributed by atoms with E-state index in [1.165, 1.54) is 6.07 Å². The highest BCUT2D eigenvalue weighted by molar-refractivity contribution is 5.91. The van der Waals surface area contributed by atoms with Crippen molar-refractivity contribution in [2.45, 2.75) is 46.6 Å². The summed E-state index contributed by atoms with van der Waals surface area (Å²) < 4.78 is 32.3. The van der Waals surface area contributed by atoms with Gasteiger partial charge in [-0.15, -0.1) is 0 Å². The number of nitrogens with one attached hydrogen (secondary N) is 1. The highest BCUT2D eigenvalue weighted by atomic mass is 19.3. The van der Waals surface area contributed by atoms with Gasteiger partial charge in [0.2, 0.25) is 5.91 Å². The lowest BCUT2D eigenvalue weighted by Gasteiger charge is -2.16. The molecule has 2 aromatic carbocycles. The average Bonchev–Trinajstić information content (AvgIpc) is 2.60. The Hall–Kier alpha value is -2.43. The first-order valence-corrected chi connectivity index (χ1v) is 8.38. The number of alkyl halides is 2. The highest BCUT2D eigenvalue weighted by Crippen LogP contribution is 2.31. The molecule has 5 heteroatoms. The SMILES string of the molecule is CCC(=O)Nc1cccc(C)c1COc1ccc(CC)cc1C(F)F. The first kappa shape index (κ1) is 18.9. The number of amides is 1. The second-order valence-corrected chi connectivity index (χ2v) is 5.82. The standard InChI is InChI=1S/C20H23F2NO2/c1-4-14-9-10-18(15(11-14)20(21)22)25-12-16-13(3)7-6-8-17(16)23-19(24)5-2/h6-11,20H,4-5,12H2,1-3H3,(H,23,24). The van der Waals surface area contributed by atoms with Gasteiger partial charge >= 0.3 is 0 Å². The van der Waals surface area contributed by atoms with E-state index in [0.29, 0.717) is 18.5 Å². The fraction of sp³-hybridized carbons (Fsp3) is 0.350. The minimum atomic E-state index is -2.60. The van der Waals surface area contributed by atoms with Crippen molar-refractivity contribution in [3.05, 3.63) is 58.7 Å². The molecule has 0 fully saturated rings. The van der Waals surface area contributed by atoms with E-state index in [-0.39, 0.29) is 23.8 Å². The van der Waals surface area contributed by atoms with E-state index in [1.807, 2.05) is 26.0 Å². The van der Waals surface area contributed by atoms with Gasteiger partial charge in [0.1, 0.15) is 12.4 Å². The van der Waals surface area contributed by atoms with Gasteiger partial charge in [-0.3, -0.25) is 4.79 Å². The van der Waals surface area contributed by atoms with Crippen LogP contribution in [-0.2, 0) is 17.8 Å². The first-order valence-electron chi connectivity index (χ1n) is 8.38. The molecule has 134 valence electrons. The Balaban J connectivity index is 2.26. The molecule has 0 bridgehead atoms. The Morgan fingerprint density at radius 2 is 1.96 bits per heavy atom. The number of aryl methyl sites for hydroxylation is 2. The zero-order valence-corrected chi connectivity index (χ0v) is 14.7. The number of carbonyl (C=O) groups excluding carboxylic acids is 1. The molecule has 1 N–H and O–H groups in total. The van der Waals surface area contributed by atoms with Gasteiger partial charge in [0.15, 0.2) is 0 Å². The van der Waals surface area contributed by atoms with E-state index in [4.69, 9.17) is 4.74 Å². The number of benzene rings is 2. The van der Waals surface area contributed by atoms with Crippen LogP contribution in [0.5, 0.6) is 5.75 Å². The van der Waals surface area contributed by atoms with E-state index in [1.54, 1.807) is 25.1 Å². The van der Waals surface area contributed by atoms with Gasteiger partial charge in [-0.05, 0) is 42.7 Å². The summed E-state index contributed by atoms with van der Waals surface area (Å²) in [7, 11) is 0. The van der Waals surface area contributed by atoms with Crippen LogP contribution in [0.1, 0.15) is 48.9 Å². The number of anilines is 1. The van der Waals surface area contributed by atoms with Crippen LogP contribution in [0.3, 0.4) is 0 Å². The average molecular weight is 347 g/mol. The first-order chi connectivity index (χ1) is 12.0. The summed E-state index contributed by atoms with van der Waals surface area (Å²) in [6.45, 7) is 5.69. The van der Waals surface area contributed by atoms with Gasteiger partial charge in [-0.1, -0.05) is 32.0 Å². The van der Waals surface area contributed by atoms with Crippen molar-refractivity contribution >= 4 is 11.6 Å². The van der Waals surface area contributed by atoms with E-state index in [9.17, 15) is 13.6 Å². The van der Waals surface area contributed by atoms with Crippen LogP contribution in [0.15, 0.2) is 36.4 Å². The summed E-state index contributed by atoms with van der Waals surface area (Å²) in [4.78, 5) is 11.7. The molecule has 2 rings (SSSR count). The van der Waals surface area contributed by atoms with Crippen LogP contribution in [0.4, 0.5) is 14.5 Å². The summed E-state index contributed by atoms with van der Waals surface area (Å²) in [5.41, 5.74) is 3.10. The Labute approximate surface area is 147 Å². The van der Waals surface area contributed by atoms with Gasteiger partial charge in [-0.25, -0.2) is 8.78 Å². The maximum absolute atomic E-state index is 13.3. The van der Waals surface area contributed by atoms with Gasteiger partial charge in [-0.2, -0.15) is 0 Å². The van der Waals surface area contributed by atoms with Gasteiger partial charge in [0, 0.05) is 17.7 Å². The van der Waals surface area contributed by atoms with Gasteiger partial charge < -0.3 is 10.1 Å². The van der Waals surface area contributed by atoms with Crippen LogP contribution < -0.4 is 10.1 Å². The summed E-state index contributed by atoms with van der Waals surface area (Å²) in [5, 5.41) is 2.83.